The lowest BCUT2D eigenvalue weighted by atomic mass is 10.2. The monoisotopic (exact) mass is 363 g/mol. The number of benzene rings is 2. The van der Waals surface area contributed by atoms with Crippen LogP contribution in [0, 0.1) is 0 Å². The number of rotatable bonds is 7. The molecule has 1 fully saturated rings. The minimum atomic E-state index is 0.244. The zero-order valence-corrected chi connectivity index (χ0v) is 14.8. The molecule has 2 N–H and O–H groups in total. The first-order valence-corrected chi connectivity index (χ1v) is 9.00. The van der Waals surface area contributed by atoms with Gasteiger partial charge in [-0.25, -0.2) is 0 Å². The van der Waals surface area contributed by atoms with Crippen LogP contribution < -0.4 is 15.4 Å². The molecule has 0 bridgehead atoms. The Kier molecular flexibility index (Phi) is 5.40. The molecule has 1 aromatic heterocycles. The van der Waals surface area contributed by atoms with Crippen molar-refractivity contribution in [3.8, 4) is 11.5 Å². The van der Waals surface area contributed by atoms with Crippen LogP contribution in [0.3, 0.4) is 0 Å². The van der Waals surface area contributed by atoms with Crippen LogP contribution >= 0.6 is 0 Å². The Morgan fingerprint density at radius 2 is 1.85 bits per heavy atom. The highest BCUT2D eigenvalue weighted by molar-refractivity contribution is 5.55. The number of nitrogens with zero attached hydrogens (tertiary/aromatic N) is 3. The maximum absolute atomic E-state index is 5.79. The van der Waals surface area contributed by atoms with Gasteiger partial charge in [0.05, 0.1) is 12.3 Å². The molecule has 2 heterocycles. The van der Waals surface area contributed by atoms with Crippen LogP contribution in [0.5, 0.6) is 11.5 Å². The first-order valence-electron chi connectivity index (χ1n) is 9.00. The second-order valence-electron chi connectivity index (χ2n) is 6.25. The second-order valence-corrected chi connectivity index (χ2v) is 6.25. The predicted octanol–water partition coefficient (Wildman–Crippen LogP) is 4.00. The quantitative estimate of drug-likeness (QED) is 0.656. The minimum absolute atomic E-state index is 0.244. The van der Waals surface area contributed by atoms with Crippen molar-refractivity contribution >= 4 is 17.5 Å². The fourth-order valence-corrected chi connectivity index (χ4v) is 2.83. The van der Waals surface area contributed by atoms with Gasteiger partial charge in [0.25, 0.3) is 0 Å². The zero-order chi connectivity index (χ0) is 18.3. The molecule has 4 rings (SSSR count). The number of anilines is 3. The first-order chi connectivity index (χ1) is 13.3. The van der Waals surface area contributed by atoms with E-state index in [2.05, 4.69) is 25.8 Å². The number of para-hydroxylation sites is 1. The maximum Gasteiger partial charge on any atom is 0.249 e. The smallest absolute Gasteiger partial charge is 0.249 e. The predicted molar refractivity (Wildman–Crippen MR) is 104 cm³/mol. The lowest BCUT2D eigenvalue weighted by Gasteiger charge is -2.11. The van der Waals surface area contributed by atoms with Gasteiger partial charge in [0.1, 0.15) is 11.5 Å². The van der Waals surface area contributed by atoms with E-state index < -0.39 is 0 Å². The van der Waals surface area contributed by atoms with Crippen LogP contribution in [0.2, 0.25) is 0 Å². The Morgan fingerprint density at radius 1 is 1.04 bits per heavy atom. The second kappa shape index (κ2) is 8.46. The van der Waals surface area contributed by atoms with Crippen molar-refractivity contribution in [2.45, 2.75) is 18.9 Å². The Labute approximate surface area is 157 Å². The average molecular weight is 363 g/mol. The van der Waals surface area contributed by atoms with Crippen LogP contribution in [0.25, 0.3) is 0 Å². The average Bonchev–Trinajstić information content (AvgIpc) is 3.23. The number of ether oxygens (including phenoxy) is 2. The summed E-state index contributed by atoms with van der Waals surface area (Å²) in [6, 6.07) is 17.3. The largest absolute Gasteiger partial charge is 0.457 e. The first kappa shape index (κ1) is 17.2. The van der Waals surface area contributed by atoms with Crippen LogP contribution in [-0.4, -0.2) is 34.4 Å². The fourth-order valence-electron chi connectivity index (χ4n) is 2.83. The molecule has 7 heteroatoms. The van der Waals surface area contributed by atoms with Gasteiger partial charge >= 0.3 is 0 Å². The summed E-state index contributed by atoms with van der Waals surface area (Å²) in [5.74, 6) is 2.67. The van der Waals surface area contributed by atoms with Gasteiger partial charge in [-0.3, -0.25) is 0 Å². The van der Waals surface area contributed by atoms with Crippen LogP contribution in [0.15, 0.2) is 60.8 Å². The van der Waals surface area contributed by atoms with Gasteiger partial charge in [0, 0.05) is 18.8 Å². The Bertz CT molecular complexity index is 852. The molecule has 2 aromatic carbocycles. The van der Waals surface area contributed by atoms with Gasteiger partial charge in [-0.2, -0.15) is 10.1 Å². The Hall–Kier alpha value is -3.19. The van der Waals surface area contributed by atoms with E-state index in [1.54, 1.807) is 6.20 Å². The third-order valence-electron chi connectivity index (χ3n) is 4.18. The minimum Gasteiger partial charge on any atom is -0.457 e. The van der Waals surface area contributed by atoms with Crippen molar-refractivity contribution in [2.75, 3.05) is 23.8 Å². The molecule has 27 heavy (non-hydrogen) atoms. The van der Waals surface area contributed by atoms with E-state index >= 15 is 0 Å². The van der Waals surface area contributed by atoms with Crippen molar-refractivity contribution < 1.29 is 9.47 Å². The highest BCUT2D eigenvalue weighted by Gasteiger charge is 2.15. The Morgan fingerprint density at radius 3 is 2.63 bits per heavy atom. The molecule has 0 amide bonds. The van der Waals surface area contributed by atoms with Gasteiger partial charge in [-0.05, 0) is 49.2 Å². The summed E-state index contributed by atoms with van der Waals surface area (Å²) in [6.07, 6.45) is 4.05. The summed E-state index contributed by atoms with van der Waals surface area (Å²) in [6.45, 7) is 1.56. The van der Waals surface area contributed by atoms with E-state index in [9.17, 15) is 0 Å². The van der Waals surface area contributed by atoms with Crippen molar-refractivity contribution in [3.05, 3.63) is 60.8 Å². The molecule has 1 saturated heterocycles. The standard InChI is InChI=1S/C20H21N5O2/c1-2-5-16(6-3-1)27-17-10-8-15(9-11-17)23-20-24-19(14-22-25-20)21-13-18-7-4-12-26-18/h1-3,5-6,8-11,14,18H,4,7,12-13H2,(H2,21,23,24,25). The summed E-state index contributed by atoms with van der Waals surface area (Å²) in [7, 11) is 0. The number of aromatic nitrogens is 3. The summed E-state index contributed by atoms with van der Waals surface area (Å²) in [4.78, 5) is 4.44. The molecular formula is C20H21N5O2. The summed E-state index contributed by atoms with van der Waals surface area (Å²) < 4.78 is 11.4. The molecule has 0 spiro atoms. The van der Waals surface area contributed by atoms with E-state index in [-0.39, 0.29) is 6.10 Å². The fraction of sp³-hybridized carbons (Fsp3) is 0.250. The van der Waals surface area contributed by atoms with Crippen molar-refractivity contribution in [1.29, 1.82) is 0 Å². The highest BCUT2D eigenvalue weighted by Crippen LogP contribution is 2.23. The van der Waals surface area contributed by atoms with Crippen LogP contribution in [-0.2, 0) is 4.74 Å². The van der Waals surface area contributed by atoms with E-state index in [4.69, 9.17) is 9.47 Å². The molecule has 138 valence electrons. The molecule has 0 radical (unpaired) electrons. The number of hydrogen-bond donors (Lipinski definition) is 2. The third-order valence-corrected chi connectivity index (χ3v) is 4.18. The van der Waals surface area contributed by atoms with Gasteiger partial charge < -0.3 is 20.1 Å². The molecular weight excluding hydrogens is 342 g/mol. The van der Waals surface area contributed by atoms with Gasteiger partial charge in [-0.1, -0.05) is 18.2 Å². The van der Waals surface area contributed by atoms with Gasteiger partial charge in [0.2, 0.25) is 5.95 Å². The maximum atomic E-state index is 5.79. The van der Waals surface area contributed by atoms with Crippen LogP contribution in [0.4, 0.5) is 17.5 Å². The zero-order valence-electron chi connectivity index (χ0n) is 14.8. The topological polar surface area (TPSA) is 81.2 Å². The number of nitrogens with one attached hydrogen (secondary N) is 2. The lowest BCUT2D eigenvalue weighted by Crippen LogP contribution is -2.19. The molecule has 3 aromatic rings. The molecule has 1 unspecified atom stereocenters. The molecule has 7 nitrogen and oxygen atoms in total. The van der Waals surface area contributed by atoms with E-state index in [0.717, 1.165) is 43.2 Å². The van der Waals surface area contributed by atoms with Gasteiger partial charge in [0.15, 0.2) is 5.82 Å². The van der Waals surface area contributed by atoms with Crippen molar-refractivity contribution in [3.63, 3.8) is 0 Å². The van der Waals surface area contributed by atoms with E-state index in [1.165, 1.54) is 0 Å². The van der Waals surface area contributed by atoms with Crippen molar-refractivity contribution in [2.24, 2.45) is 0 Å². The third kappa shape index (κ3) is 4.92. The molecule has 0 saturated carbocycles. The normalized spacial score (nSPS) is 16.1. The summed E-state index contributed by atoms with van der Waals surface area (Å²) >= 11 is 0. The van der Waals surface area contributed by atoms with E-state index in [1.807, 2.05) is 54.6 Å². The molecule has 0 aliphatic carbocycles. The van der Waals surface area contributed by atoms with Gasteiger partial charge in [-0.15, -0.1) is 5.10 Å². The summed E-state index contributed by atoms with van der Waals surface area (Å²) in [5, 5.41) is 14.4. The Balaban J connectivity index is 1.35. The molecule has 1 aliphatic rings. The van der Waals surface area contributed by atoms with E-state index in [0.29, 0.717) is 11.8 Å². The molecule has 1 atom stereocenters. The van der Waals surface area contributed by atoms with Crippen molar-refractivity contribution in [1.82, 2.24) is 15.2 Å². The highest BCUT2D eigenvalue weighted by atomic mass is 16.5. The lowest BCUT2D eigenvalue weighted by molar-refractivity contribution is 0.120. The SMILES string of the molecule is c1ccc(Oc2ccc(Nc3nncc(NCC4CCCO4)n3)cc2)cc1. The van der Waals surface area contributed by atoms with Crippen LogP contribution in [0.1, 0.15) is 12.8 Å². The summed E-state index contributed by atoms with van der Waals surface area (Å²) in [5.41, 5.74) is 0.855. The number of hydrogen-bond acceptors (Lipinski definition) is 7. The molecule has 1 aliphatic heterocycles.